The molecule has 0 saturated carbocycles. The topological polar surface area (TPSA) is 88.6 Å². The molecular formula is C30H34ClN3O4S. The fraction of sp³-hybridized carbons (Fsp3) is 0.367. The number of pyridine rings is 1. The summed E-state index contributed by atoms with van der Waals surface area (Å²) >= 11 is 6.81. The average molecular weight is 568 g/mol. The van der Waals surface area contributed by atoms with Crippen molar-refractivity contribution >= 4 is 39.1 Å². The van der Waals surface area contributed by atoms with Crippen molar-refractivity contribution in [3.8, 4) is 28.3 Å². The van der Waals surface area contributed by atoms with Crippen molar-refractivity contribution in [1.29, 1.82) is 0 Å². The first-order chi connectivity index (χ1) is 18.9. The summed E-state index contributed by atoms with van der Waals surface area (Å²) in [6, 6.07) is 20.1. The molecule has 2 aliphatic heterocycles. The van der Waals surface area contributed by atoms with Gasteiger partial charge >= 0.3 is 0 Å². The Morgan fingerprint density at radius 1 is 0.974 bits per heavy atom. The molecule has 2 atom stereocenters. The smallest absolute Gasteiger partial charge is 0.198 e. The summed E-state index contributed by atoms with van der Waals surface area (Å²) in [5.41, 5.74) is 12.3. The highest BCUT2D eigenvalue weighted by molar-refractivity contribution is 7.83. The fourth-order valence-electron chi connectivity index (χ4n) is 4.89. The van der Waals surface area contributed by atoms with E-state index in [1.165, 1.54) is 0 Å². The molecule has 0 aliphatic carbocycles. The van der Waals surface area contributed by atoms with Gasteiger partial charge in [0.25, 0.3) is 0 Å². The van der Waals surface area contributed by atoms with E-state index in [2.05, 4.69) is 28.8 Å². The molecule has 206 valence electrons. The minimum absolute atomic E-state index is 0.0393. The number of fused-ring (bicyclic) bond motifs is 1. The van der Waals surface area contributed by atoms with Gasteiger partial charge in [-0.1, -0.05) is 48.0 Å². The molecule has 2 aromatic heterocycles. The zero-order chi connectivity index (χ0) is 27.4. The number of hydrogen-bond donors (Lipinski definition) is 1. The number of halogens is 1. The molecule has 0 amide bonds. The first kappa shape index (κ1) is 27.6. The van der Waals surface area contributed by atoms with Crippen LogP contribution in [0.1, 0.15) is 31.9 Å². The lowest BCUT2D eigenvalue weighted by molar-refractivity contribution is -0.0349. The summed E-state index contributed by atoms with van der Waals surface area (Å²) < 4.78 is 29.7. The van der Waals surface area contributed by atoms with E-state index in [4.69, 9.17) is 36.5 Å². The summed E-state index contributed by atoms with van der Waals surface area (Å²) in [6.45, 7) is 2.08. The molecule has 2 aromatic carbocycles. The van der Waals surface area contributed by atoms with Crippen LogP contribution in [0, 0.1) is 0 Å². The van der Waals surface area contributed by atoms with Gasteiger partial charge in [0, 0.05) is 53.7 Å². The molecule has 4 aromatic rings. The van der Waals surface area contributed by atoms with Gasteiger partial charge in [-0.15, -0.1) is 0 Å². The number of nitrogens with two attached hydrogens (primary N) is 1. The highest BCUT2D eigenvalue weighted by atomic mass is 35.5. The quantitative estimate of drug-likeness (QED) is 0.278. The van der Waals surface area contributed by atoms with Crippen LogP contribution in [-0.2, 0) is 20.3 Å². The minimum atomic E-state index is -0.611. The van der Waals surface area contributed by atoms with Gasteiger partial charge in [-0.3, -0.25) is 8.78 Å². The van der Waals surface area contributed by atoms with E-state index in [0.717, 1.165) is 83.9 Å². The Labute approximate surface area is 236 Å². The Morgan fingerprint density at radius 2 is 1.64 bits per heavy atom. The summed E-state index contributed by atoms with van der Waals surface area (Å²) in [4.78, 5) is 4.97. The fourth-order valence-corrected chi connectivity index (χ4v) is 5.14. The Kier molecular flexibility index (Phi) is 8.87. The number of rotatable bonds is 5. The molecule has 2 aliphatic rings. The second-order valence-corrected chi connectivity index (χ2v) is 11.8. The van der Waals surface area contributed by atoms with Crippen molar-refractivity contribution in [3.05, 3.63) is 65.7 Å². The van der Waals surface area contributed by atoms with E-state index < -0.39 is 10.8 Å². The Bertz CT molecular complexity index is 1420. The summed E-state index contributed by atoms with van der Waals surface area (Å²) in [7, 11) is -0.611. The molecule has 0 spiro atoms. The van der Waals surface area contributed by atoms with Crippen LogP contribution in [0.15, 0.2) is 60.7 Å². The summed E-state index contributed by atoms with van der Waals surface area (Å²) in [5, 5.41) is 0.601. The number of ether oxygens (including phenoxy) is 3. The number of anilines is 1. The second-order valence-electron chi connectivity index (χ2n) is 9.94. The monoisotopic (exact) mass is 567 g/mol. The minimum Gasteiger partial charge on any atom is -0.473 e. The molecule has 9 heteroatoms. The molecule has 0 bridgehead atoms. The third kappa shape index (κ3) is 6.64. The van der Waals surface area contributed by atoms with Crippen LogP contribution in [0.3, 0.4) is 0 Å². The van der Waals surface area contributed by atoms with Gasteiger partial charge in [0.05, 0.1) is 35.0 Å². The molecule has 6 rings (SSSR count). The third-order valence-electron chi connectivity index (χ3n) is 6.76. The van der Waals surface area contributed by atoms with E-state index in [1.807, 2.05) is 36.4 Å². The lowest BCUT2D eigenvalue weighted by Crippen LogP contribution is -2.22. The van der Waals surface area contributed by atoms with Crippen LogP contribution >= 0.6 is 11.6 Å². The van der Waals surface area contributed by atoms with Crippen LogP contribution in [0.25, 0.3) is 33.4 Å². The van der Waals surface area contributed by atoms with E-state index in [9.17, 15) is 4.21 Å². The Hall–Kier alpha value is -2.91. The van der Waals surface area contributed by atoms with E-state index in [0.29, 0.717) is 11.6 Å². The number of nitrogen functional groups attached to an aromatic ring is 1. The molecular weight excluding hydrogens is 534 g/mol. The standard InChI is InChI=1S/C28H28ClN3O3.C2H6OS/c29-23-15-25-24(16-27(35-22-12-14-33-17-22)32(25)26-3-1-2-13-34-26)31-28(23)20-6-4-18(5-7-20)19-8-10-21(30)11-9-19;1-4(2)3/h4-11,15-16,22,26H,1-3,12-14,17,30H2;1-2H3/t22-,26?;/m0./s1. The Morgan fingerprint density at radius 3 is 2.26 bits per heavy atom. The maximum Gasteiger partial charge on any atom is 0.198 e. The van der Waals surface area contributed by atoms with E-state index in [1.54, 1.807) is 12.5 Å². The molecule has 4 heterocycles. The van der Waals surface area contributed by atoms with Crippen molar-refractivity contribution in [2.75, 3.05) is 38.1 Å². The van der Waals surface area contributed by atoms with Gasteiger partial charge in [-0.2, -0.15) is 0 Å². The van der Waals surface area contributed by atoms with Gasteiger partial charge in [-0.05, 0) is 48.6 Å². The largest absolute Gasteiger partial charge is 0.473 e. The van der Waals surface area contributed by atoms with Crippen molar-refractivity contribution in [3.63, 3.8) is 0 Å². The molecule has 39 heavy (non-hydrogen) atoms. The maximum absolute atomic E-state index is 9.56. The normalized spacial score (nSPS) is 19.2. The third-order valence-corrected chi connectivity index (χ3v) is 7.05. The first-order valence-corrected chi connectivity index (χ1v) is 15.5. The van der Waals surface area contributed by atoms with E-state index >= 15 is 0 Å². The van der Waals surface area contributed by atoms with Crippen molar-refractivity contribution in [2.24, 2.45) is 0 Å². The average Bonchev–Trinajstić information content (AvgIpc) is 3.56. The first-order valence-electron chi connectivity index (χ1n) is 13.2. The summed E-state index contributed by atoms with van der Waals surface area (Å²) in [5.74, 6) is 0.766. The predicted octanol–water partition coefficient (Wildman–Crippen LogP) is 6.47. The SMILES string of the molecule is CS(C)=O.Nc1ccc(-c2ccc(-c3nc4cc(O[C@H]5CCOC5)n(C5CCCCO5)c4cc3Cl)cc2)cc1. The Balaban J connectivity index is 0.000000723. The van der Waals surface area contributed by atoms with Crippen molar-refractivity contribution < 1.29 is 18.4 Å². The zero-order valence-electron chi connectivity index (χ0n) is 22.3. The number of aromatic nitrogens is 2. The number of benzene rings is 2. The van der Waals surface area contributed by atoms with Gasteiger partial charge < -0.3 is 19.9 Å². The predicted molar refractivity (Wildman–Crippen MR) is 159 cm³/mol. The molecule has 7 nitrogen and oxygen atoms in total. The van der Waals surface area contributed by atoms with Crippen LogP contribution in [0.2, 0.25) is 5.02 Å². The molecule has 2 N–H and O–H groups in total. The lowest BCUT2D eigenvalue weighted by atomic mass is 10.0. The number of hydrogen-bond acceptors (Lipinski definition) is 6. The van der Waals surface area contributed by atoms with Crippen LogP contribution in [-0.4, -0.2) is 52.2 Å². The number of nitrogens with zero attached hydrogens (tertiary/aromatic N) is 2. The summed E-state index contributed by atoms with van der Waals surface area (Å²) in [6.07, 6.45) is 7.26. The van der Waals surface area contributed by atoms with Gasteiger partial charge in [-0.25, -0.2) is 4.98 Å². The van der Waals surface area contributed by atoms with Gasteiger partial charge in [0.15, 0.2) is 5.88 Å². The maximum atomic E-state index is 9.56. The van der Waals surface area contributed by atoms with Crippen LogP contribution in [0.5, 0.6) is 5.88 Å². The van der Waals surface area contributed by atoms with Crippen LogP contribution in [0.4, 0.5) is 5.69 Å². The molecule has 2 saturated heterocycles. The molecule has 1 unspecified atom stereocenters. The second kappa shape index (κ2) is 12.5. The highest BCUT2D eigenvalue weighted by Crippen LogP contribution is 2.38. The molecule has 2 fully saturated rings. The zero-order valence-corrected chi connectivity index (χ0v) is 23.8. The van der Waals surface area contributed by atoms with E-state index in [-0.39, 0.29) is 12.3 Å². The molecule has 0 radical (unpaired) electrons. The van der Waals surface area contributed by atoms with Gasteiger partial charge in [0.2, 0.25) is 0 Å². The van der Waals surface area contributed by atoms with Gasteiger partial charge in [0.1, 0.15) is 12.3 Å². The lowest BCUT2D eigenvalue weighted by Gasteiger charge is -2.27. The highest BCUT2D eigenvalue weighted by Gasteiger charge is 2.26. The van der Waals surface area contributed by atoms with Crippen LogP contribution < -0.4 is 10.5 Å². The van der Waals surface area contributed by atoms with Crippen molar-refractivity contribution in [1.82, 2.24) is 9.55 Å². The van der Waals surface area contributed by atoms with Crippen molar-refractivity contribution in [2.45, 2.75) is 38.0 Å².